The summed E-state index contributed by atoms with van der Waals surface area (Å²) in [6, 6.07) is 0. The van der Waals surface area contributed by atoms with E-state index < -0.39 is 10.1 Å². The summed E-state index contributed by atoms with van der Waals surface area (Å²) >= 11 is 0. The van der Waals surface area contributed by atoms with Gasteiger partial charge in [-0.25, -0.2) is 0 Å². The van der Waals surface area contributed by atoms with Crippen LogP contribution in [0.3, 0.4) is 0 Å². The summed E-state index contributed by atoms with van der Waals surface area (Å²) in [4.78, 5) is 4.37. The molecule has 0 aromatic carbocycles. The predicted molar refractivity (Wildman–Crippen MR) is 74.6 cm³/mol. The first kappa shape index (κ1) is 20.1. The van der Waals surface area contributed by atoms with Crippen LogP contribution < -0.4 is 0 Å². The van der Waals surface area contributed by atoms with Crippen molar-refractivity contribution in [1.82, 2.24) is 9.80 Å². The smallest absolute Gasteiger partial charge is 0.261 e. The molecule has 0 spiro atoms. The summed E-state index contributed by atoms with van der Waals surface area (Å²) in [6.07, 6.45) is 2.98. The molecule has 0 amide bonds. The normalized spacial score (nSPS) is 11.6. The Labute approximate surface area is 112 Å². The SMILES string of the molecule is CN(C)CCCOCCCN(C)C.CS(=O)(=O)O. The summed E-state index contributed by atoms with van der Waals surface area (Å²) in [5.74, 6) is 0. The van der Waals surface area contributed by atoms with Crippen molar-refractivity contribution in [2.75, 3.05) is 60.7 Å². The van der Waals surface area contributed by atoms with Crippen molar-refractivity contribution in [2.45, 2.75) is 12.8 Å². The molecule has 0 aliphatic rings. The van der Waals surface area contributed by atoms with Gasteiger partial charge in [0.05, 0.1) is 6.26 Å². The van der Waals surface area contributed by atoms with Crippen molar-refractivity contribution < 1.29 is 17.7 Å². The highest BCUT2D eigenvalue weighted by Gasteiger charge is 1.93. The molecule has 112 valence electrons. The second-order valence-electron chi connectivity index (χ2n) is 4.66. The first-order valence-corrected chi connectivity index (χ1v) is 7.77. The fourth-order valence-corrected chi connectivity index (χ4v) is 1.07. The second kappa shape index (κ2) is 11.9. The minimum absolute atomic E-state index is 0.715. The van der Waals surface area contributed by atoms with Gasteiger partial charge in [0.15, 0.2) is 0 Å². The van der Waals surface area contributed by atoms with Crippen LogP contribution in [-0.2, 0) is 14.9 Å². The van der Waals surface area contributed by atoms with Crippen molar-refractivity contribution in [3.05, 3.63) is 0 Å². The van der Waals surface area contributed by atoms with E-state index in [-0.39, 0.29) is 0 Å². The highest BCUT2D eigenvalue weighted by molar-refractivity contribution is 7.85. The Morgan fingerprint density at radius 1 is 0.944 bits per heavy atom. The molecule has 0 rings (SSSR count). The fraction of sp³-hybridized carbons (Fsp3) is 1.00. The van der Waals surface area contributed by atoms with Gasteiger partial charge in [0, 0.05) is 13.2 Å². The molecule has 0 heterocycles. The van der Waals surface area contributed by atoms with E-state index in [1.54, 1.807) is 0 Å². The zero-order valence-corrected chi connectivity index (χ0v) is 13.0. The van der Waals surface area contributed by atoms with E-state index in [0.717, 1.165) is 39.1 Å². The highest BCUT2D eigenvalue weighted by Crippen LogP contribution is 1.89. The second-order valence-corrected chi connectivity index (χ2v) is 6.13. The van der Waals surface area contributed by atoms with Crippen molar-refractivity contribution in [3.8, 4) is 0 Å². The average Bonchev–Trinajstić information content (AvgIpc) is 2.12. The highest BCUT2D eigenvalue weighted by atomic mass is 32.2. The lowest BCUT2D eigenvalue weighted by Gasteiger charge is -2.11. The Hall–Kier alpha value is -0.210. The van der Waals surface area contributed by atoms with Crippen LogP contribution in [0.2, 0.25) is 0 Å². The van der Waals surface area contributed by atoms with E-state index >= 15 is 0 Å². The van der Waals surface area contributed by atoms with Gasteiger partial charge < -0.3 is 14.5 Å². The molecule has 1 N–H and O–H groups in total. The van der Waals surface area contributed by atoms with Crippen LogP contribution in [0.25, 0.3) is 0 Å². The van der Waals surface area contributed by atoms with Crippen LogP contribution in [0, 0.1) is 0 Å². The van der Waals surface area contributed by atoms with E-state index in [1.807, 2.05) is 0 Å². The molecule has 0 aromatic rings. The van der Waals surface area contributed by atoms with E-state index in [4.69, 9.17) is 9.29 Å². The van der Waals surface area contributed by atoms with Crippen LogP contribution in [0.4, 0.5) is 0 Å². The third kappa shape index (κ3) is 36.0. The van der Waals surface area contributed by atoms with Crippen LogP contribution in [0.15, 0.2) is 0 Å². The Balaban J connectivity index is 0. The van der Waals surface area contributed by atoms with Crippen molar-refractivity contribution >= 4 is 10.1 Å². The summed E-state index contributed by atoms with van der Waals surface area (Å²) in [7, 11) is 4.69. The monoisotopic (exact) mass is 284 g/mol. The lowest BCUT2D eigenvalue weighted by Crippen LogP contribution is -2.17. The molecule has 0 atom stereocenters. The average molecular weight is 284 g/mol. The minimum Gasteiger partial charge on any atom is -0.381 e. The van der Waals surface area contributed by atoms with Crippen molar-refractivity contribution in [1.29, 1.82) is 0 Å². The molecule has 0 aliphatic carbocycles. The van der Waals surface area contributed by atoms with E-state index in [2.05, 4.69) is 38.0 Å². The zero-order chi connectivity index (χ0) is 14.6. The first-order chi connectivity index (χ1) is 8.13. The summed E-state index contributed by atoms with van der Waals surface area (Å²) in [5, 5.41) is 0. The quantitative estimate of drug-likeness (QED) is 0.514. The van der Waals surface area contributed by atoms with Crippen LogP contribution >= 0.6 is 0 Å². The minimum atomic E-state index is -3.67. The Morgan fingerprint density at radius 3 is 1.44 bits per heavy atom. The van der Waals surface area contributed by atoms with E-state index in [1.165, 1.54) is 0 Å². The summed E-state index contributed by atoms with van der Waals surface area (Å²) < 4.78 is 31.3. The van der Waals surface area contributed by atoms with Gasteiger partial charge in [-0.2, -0.15) is 8.42 Å². The number of rotatable bonds is 8. The third-order valence-corrected chi connectivity index (χ3v) is 1.79. The molecular formula is C11H28N2O4S. The number of nitrogens with zero attached hydrogens (tertiary/aromatic N) is 2. The van der Waals surface area contributed by atoms with Gasteiger partial charge >= 0.3 is 0 Å². The maximum absolute atomic E-state index is 9.19. The predicted octanol–water partition coefficient (Wildman–Crippen LogP) is 0.410. The molecular weight excluding hydrogens is 256 g/mol. The fourth-order valence-electron chi connectivity index (χ4n) is 1.07. The molecule has 0 saturated carbocycles. The molecule has 0 fully saturated rings. The van der Waals surface area contributed by atoms with Gasteiger partial charge in [0.2, 0.25) is 0 Å². The maximum atomic E-state index is 9.19. The Bertz CT molecular complexity index is 246. The Morgan fingerprint density at radius 2 is 1.22 bits per heavy atom. The van der Waals surface area contributed by atoms with Gasteiger partial charge in [0.25, 0.3) is 10.1 Å². The van der Waals surface area contributed by atoms with Gasteiger partial charge in [-0.3, -0.25) is 4.55 Å². The van der Waals surface area contributed by atoms with E-state index in [0.29, 0.717) is 6.26 Å². The number of ether oxygens (including phenoxy) is 1. The largest absolute Gasteiger partial charge is 0.381 e. The van der Waals surface area contributed by atoms with Gasteiger partial charge in [0.1, 0.15) is 0 Å². The van der Waals surface area contributed by atoms with Gasteiger partial charge in [-0.1, -0.05) is 0 Å². The number of hydrogen-bond donors (Lipinski definition) is 1. The van der Waals surface area contributed by atoms with Gasteiger partial charge in [-0.05, 0) is 54.1 Å². The lowest BCUT2D eigenvalue weighted by molar-refractivity contribution is 0.118. The molecule has 0 bridgehead atoms. The molecule has 0 aliphatic heterocycles. The van der Waals surface area contributed by atoms with Gasteiger partial charge in [-0.15, -0.1) is 0 Å². The molecule has 0 unspecified atom stereocenters. The third-order valence-electron chi connectivity index (χ3n) is 1.79. The maximum Gasteiger partial charge on any atom is 0.261 e. The zero-order valence-electron chi connectivity index (χ0n) is 12.2. The molecule has 0 saturated heterocycles. The molecule has 0 aromatic heterocycles. The van der Waals surface area contributed by atoms with Crippen molar-refractivity contribution in [3.63, 3.8) is 0 Å². The number of hydrogen-bond acceptors (Lipinski definition) is 5. The standard InChI is InChI=1S/C10H24N2O.CH4O3S/c1-11(2)7-5-9-13-10-6-8-12(3)4;1-5(2,3)4/h5-10H2,1-4H3;1H3,(H,2,3,4). The topological polar surface area (TPSA) is 70.1 Å². The van der Waals surface area contributed by atoms with Crippen LogP contribution in [0.5, 0.6) is 0 Å². The van der Waals surface area contributed by atoms with E-state index in [9.17, 15) is 8.42 Å². The first-order valence-electron chi connectivity index (χ1n) is 5.92. The Kier molecular flexibility index (Phi) is 13.2. The molecule has 18 heavy (non-hydrogen) atoms. The summed E-state index contributed by atoms with van der Waals surface area (Å²) in [6.45, 7) is 4.03. The summed E-state index contributed by atoms with van der Waals surface area (Å²) in [5.41, 5.74) is 0. The van der Waals surface area contributed by atoms with Crippen LogP contribution in [0.1, 0.15) is 12.8 Å². The van der Waals surface area contributed by atoms with Crippen molar-refractivity contribution in [2.24, 2.45) is 0 Å². The molecule has 7 heteroatoms. The molecule has 6 nitrogen and oxygen atoms in total. The van der Waals surface area contributed by atoms with Crippen LogP contribution in [-0.4, -0.2) is 83.5 Å². The lowest BCUT2D eigenvalue weighted by atomic mass is 10.4. The molecule has 0 radical (unpaired) electrons.